The molecule has 1 unspecified atom stereocenters. The maximum absolute atomic E-state index is 6.00. The van der Waals surface area contributed by atoms with Crippen LogP contribution in [-0.4, -0.2) is 30.6 Å². The first kappa shape index (κ1) is 11.9. The van der Waals surface area contributed by atoms with Crippen LogP contribution >= 0.6 is 11.6 Å². The Bertz CT molecular complexity index is 340. The number of nitrogens with one attached hydrogen (secondary N) is 1. The Morgan fingerprint density at radius 2 is 2.38 bits per heavy atom. The summed E-state index contributed by atoms with van der Waals surface area (Å²) >= 11 is 6.00. The summed E-state index contributed by atoms with van der Waals surface area (Å²) in [5.41, 5.74) is 1.31. The molecular weight excluding hydrogens is 220 g/mol. The molecule has 0 amide bonds. The van der Waals surface area contributed by atoms with Gasteiger partial charge in [-0.3, -0.25) is 4.90 Å². The fraction of sp³-hybridized carbons (Fsp3) is 0.538. The Morgan fingerprint density at radius 3 is 3.12 bits per heavy atom. The molecule has 3 heteroatoms. The average Bonchev–Trinajstić information content (AvgIpc) is 2.30. The average molecular weight is 239 g/mol. The molecule has 1 aromatic carbocycles. The fourth-order valence-electron chi connectivity index (χ4n) is 2.28. The molecule has 0 saturated carbocycles. The molecule has 0 spiro atoms. The van der Waals surface area contributed by atoms with Crippen LogP contribution in [0.1, 0.15) is 18.9 Å². The van der Waals surface area contributed by atoms with Crippen molar-refractivity contribution in [2.45, 2.75) is 25.9 Å². The second-order valence-electron chi connectivity index (χ2n) is 4.37. The molecule has 2 nitrogen and oxygen atoms in total. The quantitative estimate of drug-likeness (QED) is 0.871. The first-order chi connectivity index (χ1) is 7.79. The highest BCUT2D eigenvalue weighted by Gasteiger charge is 2.20. The van der Waals surface area contributed by atoms with E-state index in [0.29, 0.717) is 6.04 Å². The third-order valence-corrected chi connectivity index (χ3v) is 3.45. The van der Waals surface area contributed by atoms with Gasteiger partial charge in [0.05, 0.1) is 0 Å². The number of hydrogen-bond acceptors (Lipinski definition) is 2. The normalized spacial score (nSPS) is 22.2. The highest BCUT2D eigenvalue weighted by atomic mass is 35.5. The van der Waals surface area contributed by atoms with Gasteiger partial charge in [-0.1, -0.05) is 30.7 Å². The number of benzene rings is 1. The molecule has 16 heavy (non-hydrogen) atoms. The summed E-state index contributed by atoms with van der Waals surface area (Å²) in [6.07, 6.45) is 1.20. The van der Waals surface area contributed by atoms with Crippen molar-refractivity contribution in [3.63, 3.8) is 0 Å². The molecule has 2 rings (SSSR count). The zero-order valence-electron chi connectivity index (χ0n) is 9.75. The van der Waals surface area contributed by atoms with Gasteiger partial charge >= 0.3 is 0 Å². The Hall–Kier alpha value is -0.570. The molecule has 1 aliphatic rings. The minimum atomic E-state index is 0.660. The van der Waals surface area contributed by atoms with Crippen molar-refractivity contribution < 1.29 is 0 Å². The number of piperazine rings is 1. The van der Waals surface area contributed by atoms with Crippen LogP contribution in [0.3, 0.4) is 0 Å². The monoisotopic (exact) mass is 238 g/mol. The summed E-state index contributed by atoms with van der Waals surface area (Å²) in [6, 6.07) is 8.84. The standard InChI is InChI=1S/C13H19ClN2/c1-2-13-9-15-6-7-16(13)10-11-4-3-5-12(14)8-11/h3-5,8,13,15H,2,6-7,9-10H2,1H3. The molecule has 1 saturated heterocycles. The molecule has 1 N–H and O–H groups in total. The molecule has 0 aromatic heterocycles. The lowest BCUT2D eigenvalue weighted by Crippen LogP contribution is -2.50. The predicted octanol–water partition coefficient (Wildman–Crippen LogP) is 2.52. The molecule has 0 aliphatic carbocycles. The predicted molar refractivity (Wildman–Crippen MR) is 68.8 cm³/mol. The topological polar surface area (TPSA) is 15.3 Å². The lowest BCUT2D eigenvalue weighted by Gasteiger charge is -2.35. The van der Waals surface area contributed by atoms with E-state index in [4.69, 9.17) is 11.6 Å². The molecule has 0 radical (unpaired) electrons. The fourth-order valence-corrected chi connectivity index (χ4v) is 2.50. The van der Waals surface area contributed by atoms with E-state index < -0.39 is 0 Å². The van der Waals surface area contributed by atoms with Crippen LogP contribution in [0.15, 0.2) is 24.3 Å². The Balaban J connectivity index is 2.02. The third kappa shape index (κ3) is 2.97. The second kappa shape index (κ2) is 5.67. The Morgan fingerprint density at radius 1 is 1.50 bits per heavy atom. The minimum Gasteiger partial charge on any atom is -0.314 e. The molecule has 0 bridgehead atoms. The summed E-state index contributed by atoms with van der Waals surface area (Å²) in [6.45, 7) is 6.60. The van der Waals surface area contributed by atoms with Gasteiger partial charge in [-0.05, 0) is 24.1 Å². The van der Waals surface area contributed by atoms with Crippen LogP contribution < -0.4 is 5.32 Å². The third-order valence-electron chi connectivity index (χ3n) is 3.22. The molecule has 1 aliphatic heterocycles. The second-order valence-corrected chi connectivity index (χ2v) is 4.80. The summed E-state index contributed by atoms with van der Waals surface area (Å²) < 4.78 is 0. The van der Waals surface area contributed by atoms with Crippen molar-refractivity contribution in [2.75, 3.05) is 19.6 Å². The minimum absolute atomic E-state index is 0.660. The van der Waals surface area contributed by atoms with Crippen LogP contribution in [-0.2, 0) is 6.54 Å². The zero-order valence-corrected chi connectivity index (χ0v) is 10.5. The largest absolute Gasteiger partial charge is 0.314 e. The van der Waals surface area contributed by atoms with Crippen LogP contribution in [0, 0.1) is 0 Å². The van der Waals surface area contributed by atoms with Gasteiger partial charge in [0.2, 0.25) is 0 Å². The first-order valence-corrected chi connectivity index (χ1v) is 6.36. The Labute approximate surface area is 103 Å². The van der Waals surface area contributed by atoms with Gasteiger partial charge < -0.3 is 5.32 Å². The van der Waals surface area contributed by atoms with Gasteiger partial charge in [-0.15, -0.1) is 0 Å². The van der Waals surface area contributed by atoms with Crippen molar-refractivity contribution in [1.82, 2.24) is 10.2 Å². The smallest absolute Gasteiger partial charge is 0.0409 e. The molecule has 1 aromatic rings. The van der Waals surface area contributed by atoms with Gasteiger partial charge in [0.1, 0.15) is 0 Å². The first-order valence-electron chi connectivity index (χ1n) is 5.99. The van der Waals surface area contributed by atoms with E-state index in [2.05, 4.69) is 29.3 Å². The van der Waals surface area contributed by atoms with Crippen molar-refractivity contribution in [3.05, 3.63) is 34.9 Å². The lowest BCUT2D eigenvalue weighted by molar-refractivity contribution is 0.149. The van der Waals surface area contributed by atoms with Gasteiger partial charge in [0, 0.05) is 37.2 Å². The zero-order chi connectivity index (χ0) is 11.4. The SMILES string of the molecule is CCC1CNCCN1Cc1cccc(Cl)c1. The molecular formula is C13H19ClN2. The van der Waals surface area contributed by atoms with Gasteiger partial charge in [-0.25, -0.2) is 0 Å². The maximum Gasteiger partial charge on any atom is 0.0409 e. The number of halogens is 1. The molecule has 88 valence electrons. The summed E-state index contributed by atoms with van der Waals surface area (Å²) in [7, 11) is 0. The van der Waals surface area contributed by atoms with Crippen LogP contribution in [0.2, 0.25) is 5.02 Å². The molecule has 1 atom stereocenters. The van der Waals surface area contributed by atoms with E-state index in [1.807, 2.05) is 12.1 Å². The van der Waals surface area contributed by atoms with Crippen LogP contribution in [0.5, 0.6) is 0 Å². The highest BCUT2D eigenvalue weighted by Crippen LogP contribution is 2.15. The summed E-state index contributed by atoms with van der Waals surface area (Å²) in [5, 5.41) is 4.28. The van der Waals surface area contributed by atoms with Crippen molar-refractivity contribution >= 4 is 11.6 Å². The lowest BCUT2D eigenvalue weighted by atomic mass is 10.1. The van der Waals surface area contributed by atoms with Gasteiger partial charge in [0.15, 0.2) is 0 Å². The van der Waals surface area contributed by atoms with Crippen LogP contribution in [0.25, 0.3) is 0 Å². The van der Waals surface area contributed by atoms with E-state index in [1.54, 1.807) is 0 Å². The van der Waals surface area contributed by atoms with Gasteiger partial charge in [0.25, 0.3) is 0 Å². The van der Waals surface area contributed by atoms with E-state index in [0.717, 1.165) is 31.2 Å². The Kier molecular flexibility index (Phi) is 4.22. The van der Waals surface area contributed by atoms with Crippen molar-refractivity contribution in [2.24, 2.45) is 0 Å². The van der Waals surface area contributed by atoms with E-state index in [9.17, 15) is 0 Å². The number of rotatable bonds is 3. The molecule has 1 heterocycles. The number of hydrogen-bond donors (Lipinski definition) is 1. The maximum atomic E-state index is 6.00. The van der Waals surface area contributed by atoms with Crippen LogP contribution in [0.4, 0.5) is 0 Å². The number of nitrogens with zero attached hydrogens (tertiary/aromatic N) is 1. The van der Waals surface area contributed by atoms with E-state index >= 15 is 0 Å². The van der Waals surface area contributed by atoms with Crippen molar-refractivity contribution in [3.8, 4) is 0 Å². The van der Waals surface area contributed by atoms with E-state index in [-0.39, 0.29) is 0 Å². The van der Waals surface area contributed by atoms with Gasteiger partial charge in [-0.2, -0.15) is 0 Å². The van der Waals surface area contributed by atoms with Crippen molar-refractivity contribution in [1.29, 1.82) is 0 Å². The highest BCUT2D eigenvalue weighted by molar-refractivity contribution is 6.30. The van der Waals surface area contributed by atoms with E-state index in [1.165, 1.54) is 12.0 Å². The summed E-state index contributed by atoms with van der Waals surface area (Å²) in [5.74, 6) is 0. The molecule has 1 fully saturated rings. The summed E-state index contributed by atoms with van der Waals surface area (Å²) in [4.78, 5) is 2.54.